The molecule has 5 nitrogen and oxygen atoms in total. The molecule has 2 aromatic rings. The number of rotatable bonds is 4. The molecule has 2 N–H and O–H groups in total. The van der Waals surface area contributed by atoms with E-state index in [1.165, 1.54) is 36.4 Å². The monoisotopic (exact) mass is 298 g/mol. The van der Waals surface area contributed by atoms with Crippen LogP contribution < -0.4 is 5.73 Å². The average Bonchev–Trinajstić information content (AvgIpc) is 2.53. The van der Waals surface area contributed by atoms with Crippen LogP contribution in [0.3, 0.4) is 0 Å². The minimum absolute atomic E-state index is 0.118. The van der Waals surface area contributed by atoms with Crippen molar-refractivity contribution in [1.82, 2.24) is 0 Å². The lowest BCUT2D eigenvalue weighted by Gasteiger charge is -2.15. The highest BCUT2D eigenvalue weighted by Gasteiger charge is 2.23. The van der Waals surface area contributed by atoms with Crippen molar-refractivity contribution in [3.05, 3.63) is 71.0 Å². The average molecular weight is 298 g/mol. The van der Waals surface area contributed by atoms with Crippen molar-refractivity contribution in [2.24, 2.45) is 5.73 Å². The summed E-state index contributed by atoms with van der Waals surface area (Å²) < 4.78 is 18.0. The smallest absolute Gasteiger partial charge is 0.339 e. The number of benzene rings is 2. The fraction of sp³-hybridized carbons (Fsp3) is 0.0625. The van der Waals surface area contributed by atoms with Crippen molar-refractivity contribution in [3.63, 3.8) is 0 Å². The minimum atomic E-state index is -1.33. The van der Waals surface area contributed by atoms with Crippen LogP contribution in [0, 0.1) is 17.1 Å². The summed E-state index contributed by atoms with van der Waals surface area (Å²) in [4.78, 5) is 23.5. The Morgan fingerprint density at radius 1 is 1.18 bits per heavy atom. The molecule has 0 fully saturated rings. The molecule has 0 unspecified atom stereocenters. The number of primary amides is 1. The van der Waals surface area contributed by atoms with Gasteiger partial charge in [0.15, 0.2) is 0 Å². The zero-order valence-corrected chi connectivity index (χ0v) is 11.3. The third-order valence-corrected chi connectivity index (χ3v) is 2.88. The summed E-state index contributed by atoms with van der Waals surface area (Å²) in [5, 5.41) is 8.81. The van der Waals surface area contributed by atoms with Gasteiger partial charge in [-0.1, -0.05) is 18.2 Å². The maximum atomic E-state index is 12.9. The van der Waals surface area contributed by atoms with Crippen LogP contribution in [0.4, 0.5) is 4.39 Å². The normalized spacial score (nSPS) is 11.3. The highest BCUT2D eigenvalue weighted by atomic mass is 19.1. The van der Waals surface area contributed by atoms with E-state index in [9.17, 15) is 14.0 Å². The first-order chi connectivity index (χ1) is 10.5. The lowest BCUT2D eigenvalue weighted by Crippen LogP contribution is -2.26. The van der Waals surface area contributed by atoms with Gasteiger partial charge in [-0.3, -0.25) is 4.79 Å². The quantitative estimate of drug-likeness (QED) is 0.874. The second kappa shape index (κ2) is 6.50. The Balaban J connectivity index is 2.24. The molecule has 2 aromatic carbocycles. The van der Waals surface area contributed by atoms with E-state index in [1.807, 2.05) is 6.07 Å². The molecule has 110 valence electrons. The molecule has 0 saturated carbocycles. The summed E-state index contributed by atoms with van der Waals surface area (Å²) in [7, 11) is 0. The highest BCUT2D eigenvalue weighted by molar-refractivity contribution is 5.92. The molecule has 6 heteroatoms. The van der Waals surface area contributed by atoms with Gasteiger partial charge in [0.1, 0.15) is 5.82 Å². The molecule has 0 bridgehead atoms. The Morgan fingerprint density at radius 3 is 2.45 bits per heavy atom. The first kappa shape index (κ1) is 15.2. The van der Waals surface area contributed by atoms with E-state index in [1.54, 1.807) is 0 Å². The second-order valence-corrected chi connectivity index (χ2v) is 4.43. The van der Waals surface area contributed by atoms with Crippen molar-refractivity contribution >= 4 is 11.9 Å². The highest BCUT2D eigenvalue weighted by Crippen LogP contribution is 2.20. The molecule has 22 heavy (non-hydrogen) atoms. The largest absolute Gasteiger partial charge is 0.444 e. The second-order valence-electron chi connectivity index (χ2n) is 4.43. The van der Waals surface area contributed by atoms with Crippen molar-refractivity contribution in [2.45, 2.75) is 6.10 Å². The summed E-state index contributed by atoms with van der Waals surface area (Å²) >= 11 is 0. The number of carbonyl (C=O) groups is 2. The Labute approximate surface area is 125 Å². The first-order valence-electron chi connectivity index (χ1n) is 6.27. The number of halogens is 1. The van der Waals surface area contributed by atoms with Gasteiger partial charge < -0.3 is 10.5 Å². The lowest BCUT2D eigenvalue weighted by atomic mass is 10.1. The SMILES string of the molecule is N#Cc1cccc(C(=O)O[C@@H](C(N)=O)c2ccc(F)cc2)c1. The molecule has 0 aliphatic heterocycles. The Hall–Kier alpha value is -3.20. The Bertz CT molecular complexity index is 751. The zero-order valence-electron chi connectivity index (χ0n) is 11.3. The van der Waals surface area contributed by atoms with Gasteiger partial charge in [-0.25, -0.2) is 9.18 Å². The third-order valence-electron chi connectivity index (χ3n) is 2.88. The maximum Gasteiger partial charge on any atom is 0.339 e. The van der Waals surface area contributed by atoms with E-state index in [-0.39, 0.29) is 16.7 Å². The molecule has 2 rings (SSSR count). The van der Waals surface area contributed by atoms with Crippen molar-refractivity contribution < 1.29 is 18.7 Å². The number of nitrogens with zero attached hydrogens (tertiary/aromatic N) is 1. The molecular formula is C16H11FN2O3. The fourth-order valence-electron chi connectivity index (χ4n) is 1.82. The van der Waals surface area contributed by atoms with Crippen molar-refractivity contribution in [1.29, 1.82) is 5.26 Å². The Kier molecular flexibility index (Phi) is 4.49. The van der Waals surface area contributed by atoms with Crippen LogP contribution in [0.25, 0.3) is 0 Å². The summed E-state index contributed by atoms with van der Waals surface area (Å²) in [6, 6.07) is 12.6. The molecule has 0 spiro atoms. The molecule has 1 atom stereocenters. The van der Waals surface area contributed by atoms with Gasteiger partial charge in [-0.15, -0.1) is 0 Å². The van der Waals surface area contributed by atoms with Crippen LogP contribution in [0.15, 0.2) is 48.5 Å². The van der Waals surface area contributed by atoms with Gasteiger partial charge >= 0.3 is 5.97 Å². The maximum absolute atomic E-state index is 12.9. The molecule has 1 amide bonds. The van der Waals surface area contributed by atoms with Crippen LogP contribution in [-0.4, -0.2) is 11.9 Å². The number of nitrogens with two attached hydrogens (primary N) is 1. The zero-order chi connectivity index (χ0) is 16.1. The molecule has 0 aliphatic carbocycles. The van der Waals surface area contributed by atoms with Crippen LogP contribution in [0.5, 0.6) is 0 Å². The standard InChI is InChI=1S/C16H11FN2O3/c17-13-6-4-11(5-7-13)14(15(19)20)22-16(21)12-3-1-2-10(8-12)9-18/h1-8,14H,(H2,19,20)/t14-/m1/s1. The van der Waals surface area contributed by atoms with Gasteiger partial charge in [-0.05, 0) is 30.3 Å². The van der Waals surface area contributed by atoms with Crippen molar-refractivity contribution in [2.75, 3.05) is 0 Å². The van der Waals surface area contributed by atoms with Crippen LogP contribution in [0.2, 0.25) is 0 Å². The predicted molar refractivity (Wildman–Crippen MR) is 74.9 cm³/mol. The topological polar surface area (TPSA) is 93.2 Å². The van der Waals surface area contributed by atoms with Gasteiger partial charge in [0.25, 0.3) is 5.91 Å². The van der Waals surface area contributed by atoms with E-state index >= 15 is 0 Å². The van der Waals surface area contributed by atoms with E-state index in [0.717, 1.165) is 12.1 Å². The number of esters is 1. The minimum Gasteiger partial charge on any atom is -0.444 e. The molecule has 0 radical (unpaired) electrons. The lowest BCUT2D eigenvalue weighted by molar-refractivity contribution is -0.127. The summed E-state index contributed by atoms with van der Waals surface area (Å²) in [5.41, 5.74) is 5.89. The van der Waals surface area contributed by atoms with Crippen molar-refractivity contribution in [3.8, 4) is 6.07 Å². The van der Waals surface area contributed by atoms with E-state index in [0.29, 0.717) is 0 Å². The summed E-state index contributed by atoms with van der Waals surface area (Å²) in [6.07, 6.45) is -1.33. The molecular weight excluding hydrogens is 287 g/mol. The predicted octanol–water partition coefficient (Wildman–Crippen LogP) is 2.08. The number of hydrogen-bond donors (Lipinski definition) is 1. The van der Waals surface area contributed by atoms with E-state index in [4.69, 9.17) is 15.7 Å². The molecule has 0 heterocycles. The summed E-state index contributed by atoms with van der Waals surface area (Å²) in [5.74, 6) is -2.17. The number of ether oxygens (including phenoxy) is 1. The number of hydrogen-bond acceptors (Lipinski definition) is 4. The van der Waals surface area contributed by atoms with Gasteiger partial charge in [-0.2, -0.15) is 5.26 Å². The van der Waals surface area contributed by atoms with Crippen LogP contribution in [-0.2, 0) is 9.53 Å². The van der Waals surface area contributed by atoms with Crippen LogP contribution >= 0.6 is 0 Å². The Morgan fingerprint density at radius 2 is 1.86 bits per heavy atom. The summed E-state index contributed by atoms with van der Waals surface area (Å²) in [6.45, 7) is 0. The third kappa shape index (κ3) is 3.46. The first-order valence-corrected chi connectivity index (χ1v) is 6.27. The van der Waals surface area contributed by atoms with E-state index in [2.05, 4.69) is 0 Å². The van der Waals surface area contributed by atoms with Gasteiger partial charge in [0.05, 0.1) is 17.2 Å². The van der Waals surface area contributed by atoms with Crippen LogP contribution in [0.1, 0.15) is 27.6 Å². The number of carbonyl (C=O) groups excluding carboxylic acids is 2. The fourth-order valence-corrected chi connectivity index (χ4v) is 1.82. The number of nitriles is 1. The molecule has 0 aliphatic rings. The van der Waals surface area contributed by atoms with Gasteiger partial charge in [0.2, 0.25) is 6.10 Å². The van der Waals surface area contributed by atoms with E-state index < -0.39 is 23.8 Å². The molecule has 0 aromatic heterocycles. The number of amides is 1. The molecule has 0 saturated heterocycles. The van der Waals surface area contributed by atoms with Gasteiger partial charge in [0, 0.05) is 5.56 Å².